The number of carbonyl (C=O) groups excluding carboxylic acids is 1. The molecule has 0 radical (unpaired) electrons. The van der Waals surface area contributed by atoms with Crippen molar-refractivity contribution >= 4 is 17.7 Å². The van der Waals surface area contributed by atoms with Gasteiger partial charge in [0.2, 0.25) is 5.67 Å². The number of carboxylic acids is 1. The van der Waals surface area contributed by atoms with Gasteiger partial charge in [-0.2, -0.15) is 0 Å². The SMILES string of the molecule is O=C(c1ccc(N2CCCCCC2)nc1)N1CCC(F)(C(=O)O)C1. The maximum atomic E-state index is 14.1. The number of pyridine rings is 1. The fourth-order valence-corrected chi connectivity index (χ4v) is 3.30. The summed E-state index contributed by atoms with van der Waals surface area (Å²) in [4.78, 5) is 31.2. The Morgan fingerprint density at radius 1 is 1.12 bits per heavy atom. The fourth-order valence-electron chi connectivity index (χ4n) is 3.30. The number of carbonyl (C=O) groups is 2. The van der Waals surface area contributed by atoms with Gasteiger partial charge < -0.3 is 14.9 Å². The number of carboxylic acid groups (broad SMARTS) is 1. The molecule has 2 aliphatic heterocycles. The molecule has 2 aliphatic rings. The molecule has 7 heteroatoms. The summed E-state index contributed by atoms with van der Waals surface area (Å²) in [6.07, 6.45) is 6.08. The van der Waals surface area contributed by atoms with Crippen molar-refractivity contribution in [3.63, 3.8) is 0 Å². The van der Waals surface area contributed by atoms with Gasteiger partial charge in [0, 0.05) is 32.3 Å². The van der Waals surface area contributed by atoms with E-state index in [1.54, 1.807) is 6.07 Å². The van der Waals surface area contributed by atoms with Crippen molar-refractivity contribution in [1.29, 1.82) is 0 Å². The van der Waals surface area contributed by atoms with E-state index >= 15 is 0 Å². The maximum Gasteiger partial charge on any atom is 0.343 e. The Morgan fingerprint density at radius 2 is 1.83 bits per heavy atom. The van der Waals surface area contributed by atoms with E-state index in [9.17, 15) is 14.0 Å². The normalized spacial score (nSPS) is 24.7. The smallest absolute Gasteiger partial charge is 0.343 e. The first kappa shape index (κ1) is 16.7. The molecule has 0 aromatic carbocycles. The molecule has 1 aromatic rings. The molecule has 1 atom stereocenters. The van der Waals surface area contributed by atoms with Gasteiger partial charge in [0.15, 0.2) is 0 Å². The summed E-state index contributed by atoms with van der Waals surface area (Å²) in [6, 6.07) is 3.50. The van der Waals surface area contributed by atoms with Crippen LogP contribution in [-0.4, -0.2) is 58.7 Å². The van der Waals surface area contributed by atoms with Gasteiger partial charge in [-0.15, -0.1) is 0 Å². The lowest BCUT2D eigenvalue weighted by Gasteiger charge is -2.22. The van der Waals surface area contributed by atoms with E-state index in [0.29, 0.717) is 5.56 Å². The number of halogens is 1. The second-order valence-electron chi connectivity index (χ2n) is 6.55. The number of hydrogen-bond acceptors (Lipinski definition) is 4. The van der Waals surface area contributed by atoms with Gasteiger partial charge in [-0.3, -0.25) is 4.79 Å². The first-order valence-electron chi connectivity index (χ1n) is 8.42. The summed E-state index contributed by atoms with van der Waals surface area (Å²) in [6.45, 7) is 1.63. The van der Waals surface area contributed by atoms with Crippen LogP contribution < -0.4 is 4.90 Å². The number of likely N-dealkylation sites (tertiary alicyclic amines) is 1. The number of amides is 1. The molecule has 3 rings (SSSR count). The molecule has 6 nitrogen and oxygen atoms in total. The number of aliphatic carboxylic acids is 1. The molecule has 1 N–H and O–H groups in total. The van der Waals surface area contributed by atoms with Crippen molar-refractivity contribution in [3.8, 4) is 0 Å². The van der Waals surface area contributed by atoms with Crippen molar-refractivity contribution in [3.05, 3.63) is 23.9 Å². The van der Waals surface area contributed by atoms with Gasteiger partial charge in [-0.25, -0.2) is 14.2 Å². The standard InChI is InChI=1S/C17H22FN3O3/c18-17(16(23)24)7-10-21(12-17)15(22)13-5-6-14(19-11-13)20-8-3-1-2-4-9-20/h5-6,11H,1-4,7-10,12H2,(H,23,24). The second kappa shape index (κ2) is 6.75. The first-order valence-corrected chi connectivity index (χ1v) is 8.42. The highest BCUT2D eigenvalue weighted by Gasteiger charge is 2.47. The summed E-state index contributed by atoms with van der Waals surface area (Å²) < 4.78 is 14.1. The summed E-state index contributed by atoms with van der Waals surface area (Å²) in [5, 5.41) is 8.92. The molecule has 1 amide bonds. The molecule has 2 saturated heterocycles. The molecule has 24 heavy (non-hydrogen) atoms. The molecular weight excluding hydrogens is 313 g/mol. The van der Waals surface area contributed by atoms with Crippen LogP contribution in [-0.2, 0) is 4.79 Å². The summed E-state index contributed by atoms with van der Waals surface area (Å²) >= 11 is 0. The minimum Gasteiger partial charge on any atom is -0.479 e. The number of aromatic nitrogens is 1. The van der Waals surface area contributed by atoms with Crippen molar-refractivity contribution < 1.29 is 19.1 Å². The van der Waals surface area contributed by atoms with Gasteiger partial charge in [-0.05, 0) is 25.0 Å². The fraction of sp³-hybridized carbons (Fsp3) is 0.588. The van der Waals surface area contributed by atoms with Crippen LogP contribution in [0.15, 0.2) is 18.3 Å². The van der Waals surface area contributed by atoms with Crippen LogP contribution >= 0.6 is 0 Å². The van der Waals surface area contributed by atoms with E-state index in [1.807, 2.05) is 6.07 Å². The average molecular weight is 335 g/mol. The van der Waals surface area contributed by atoms with Crippen LogP contribution in [0, 0.1) is 0 Å². The average Bonchev–Trinajstić information content (AvgIpc) is 2.82. The lowest BCUT2D eigenvalue weighted by molar-refractivity contribution is -0.149. The van der Waals surface area contributed by atoms with E-state index in [-0.39, 0.29) is 18.9 Å². The molecule has 2 fully saturated rings. The molecule has 130 valence electrons. The number of hydrogen-bond donors (Lipinski definition) is 1. The zero-order valence-electron chi connectivity index (χ0n) is 13.6. The first-order chi connectivity index (χ1) is 11.5. The molecule has 0 spiro atoms. The highest BCUT2D eigenvalue weighted by molar-refractivity contribution is 5.95. The predicted molar refractivity (Wildman–Crippen MR) is 86.9 cm³/mol. The Bertz CT molecular complexity index is 614. The molecule has 1 aromatic heterocycles. The molecule has 0 bridgehead atoms. The van der Waals surface area contributed by atoms with Crippen LogP contribution in [0.2, 0.25) is 0 Å². The number of alkyl halides is 1. The Labute approximate surface area is 140 Å². The topological polar surface area (TPSA) is 73.7 Å². The summed E-state index contributed by atoms with van der Waals surface area (Å²) in [7, 11) is 0. The van der Waals surface area contributed by atoms with Gasteiger partial charge >= 0.3 is 5.97 Å². The maximum absolute atomic E-state index is 14.1. The van der Waals surface area contributed by atoms with Crippen molar-refractivity contribution in [1.82, 2.24) is 9.88 Å². The van der Waals surface area contributed by atoms with Crippen molar-refractivity contribution in [2.75, 3.05) is 31.1 Å². The van der Waals surface area contributed by atoms with Crippen LogP contribution in [0.1, 0.15) is 42.5 Å². The van der Waals surface area contributed by atoms with E-state index < -0.39 is 18.2 Å². The Morgan fingerprint density at radius 3 is 2.38 bits per heavy atom. The minimum absolute atomic E-state index is 0.107. The van der Waals surface area contributed by atoms with Gasteiger partial charge in [0.1, 0.15) is 5.82 Å². The van der Waals surface area contributed by atoms with E-state index in [4.69, 9.17) is 5.11 Å². The molecule has 0 saturated carbocycles. The largest absolute Gasteiger partial charge is 0.479 e. The zero-order chi connectivity index (χ0) is 17.2. The second-order valence-corrected chi connectivity index (χ2v) is 6.55. The van der Waals surface area contributed by atoms with E-state index in [0.717, 1.165) is 31.7 Å². The van der Waals surface area contributed by atoms with Crippen LogP contribution in [0.3, 0.4) is 0 Å². The summed E-state index contributed by atoms with van der Waals surface area (Å²) in [5.41, 5.74) is -1.97. The zero-order valence-corrected chi connectivity index (χ0v) is 13.6. The van der Waals surface area contributed by atoms with Crippen LogP contribution in [0.5, 0.6) is 0 Å². The van der Waals surface area contributed by atoms with Crippen molar-refractivity contribution in [2.45, 2.75) is 37.8 Å². The highest BCUT2D eigenvalue weighted by atomic mass is 19.1. The number of rotatable bonds is 3. The molecular formula is C17H22FN3O3. The third-order valence-corrected chi connectivity index (χ3v) is 4.81. The third-order valence-electron chi connectivity index (χ3n) is 4.81. The molecule has 1 unspecified atom stereocenters. The van der Waals surface area contributed by atoms with Gasteiger partial charge in [0.25, 0.3) is 5.91 Å². The third kappa shape index (κ3) is 3.34. The monoisotopic (exact) mass is 335 g/mol. The molecule has 0 aliphatic carbocycles. The Kier molecular flexibility index (Phi) is 4.69. The highest BCUT2D eigenvalue weighted by Crippen LogP contribution is 2.27. The van der Waals surface area contributed by atoms with Gasteiger partial charge in [0.05, 0.1) is 12.1 Å². The quantitative estimate of drug-likeness (QED) is 0.916. The molecule has 3 heterocycles. The van der Waals surface area contributed by atoms with Gasteiger partial charge in [-0.1, -0.05) is 12.8 Å². The van der Waals surface area contributed by atoms with E-state index in [1.165, 1.54) is 23.9 Å². The Hall–Kier alpha value is -2.18. The van der Waals surface area contributed by atoms with Crippen molar-refractivity contribution in [2.24, 2.45) is 0 Å². The lowest BCUT2D eigenvalue weighted by atomic mass is 10.1. The number of nitrogens with zero attached hydrogens (tertiary/aromatic N) is 3. The minimum atomic E-state index is -2.34. The Balaban J connectivity index is 1.67. The van der Waals surface area contributed by atoms with Crippen LogP contribution in [0.25, 0.3) is 0 Å². The van der Waals surface area contributed by atoms with E-state index in [2.05, 4.69) is 9.88 Å². The lowest BCUT2D eigenvalue weighted by Crippen LogP contribution is -2.39. The predicted octanol–water partition coefficient (Wildman–Crippen LogP) is 2.10. The van der Waals surface area contributed by atoms with Crippen LogP contribution in [0.4, 0.5) is 10.2 Å². The number of anilines is 1. The summed E-state index contributed by atoms with van der Waals surface area (Å²) in [5.74, 6) is -1.03.